The first-order valence-electron chi connectivity index (χ1n) is 14.8. The fourth-order valence-electron chi connectivity index (χ4n) is 6.13. The SMILES string of the molecule is CC(C)(O)CN1CCc2cc(Nc3ncc(C(F)(F)F)c(-c4cc5c(s4)C(=O)N(C4CC4)CCS5)n3)c(C3CC3)cc2C1. The lowest BCUT2D eigenvalue weighted by Gasteiger charge is -2.33. The molecule has 0 saturated heterocycles. The predicted octanol–water partition coefficient (Wildman–Crippen LogP) is 6.68. The molecule has 2 aromatic heterocycles. The maximum absolute atomic E-state index is 14.2. The maximum Gasteiger partial charge on any atom is 0.420 e. The molecule has 3 aromatic rings. The van der Waals surface area contributed by atoms with Crippen molar-refractivity contribution in [3.05, 3.63) is 51.5 Å². The molecule has 0 spiro atoms. The van der Waals surface area contributed by atoms with E-state index in [0.29, 0.717) is 34.5 Å². The van der Waals surface area contributed by atoms with Gasteiger partial charge in [0.25, 0.3) is 5.91 Å². The lowest BCUT2D eigenvalue weighted by Crippen LogP contribution is -2.41. The number of amides is 1. The molecule has 0 radical (unpaired) electrons. The van der Waals surface area contributed by atoms with Crippen LogP contribution in [0.2, 0.25) is 0 Å². The third kappa shape index (κ3) is 6.16. The highest BCUT2D eigenvalue weighted by Crippen LogP contribution is 2.47. The lowest BCUT2D eigenvalue weighted by atomic mass is 9.93. The Morgan fingerprint density at radius 2 is 1.88 bits per heavy atom. The minimum Gasteiger partial charge on any atom is -0.389 e. The number of rotatable bonds is 7. The summed E-state index contributed by atoms with van der Waals surface area (Å²) in [7, 11) is 0. The van der Waals surface area contributed by atoms with E-state index in [1.54, 1.807) is 6.07 Å². The standard InChI is InChI=1S/C31H34F3N5O2S2/c1-30(2,41)16-38-8-7-18-12-23(21(17-3-4-17)11-19(18)15-38)36-29-35-14-22(31(32,33)34)26(37-29)24-13-25-27(43-24)28(40)39(9-10-42-25)20-5-6-20/h11-14,17,20,41H,3-10,15-16H2,1-2H3,(H,35,36,37). The van der Waals surface area contributed by atoms with Crippen LogP contribution in [0.4, 0.5) is 24.8 Å². The van der Waals surface area contributed by atoms with Gasteiger partial charge in [0.05, 0.1) is 16.2 Å². The molecular formula is C31H34F3N5O2S2. The first-order chi connectivity index (χ1) is 20.4. The zero-order valence-corrected chi connectivity index (χ0v) is 25.8. The minimum absolute atomic E-state index is 0.0936. The smallest absolute Gasteiger partial charge is 0.389 e. The third-order valence-electron chi connectivity index (χ3n) is 8.40. The third-order valence-corrected chi connectivity index (χ3v) is 10.7. The average Bonchev–Trinajstić information content (AvgIpc) is 3.86. The van der Waals surface area contributed by atoms with Gasteiger partial charge in [-0.1, -0.05) is 6.07 Å². The van der Waals surface area contributed by atoms with Crippen molar-refractivity contribution in [2.45, 2.75) is 81.1 Å². The molecule has 43 heavy (non-hydrogen) atoms. The number of nitrogens with one attached hydrogen (secondary N) is 1. The van der Waals surface area contributed by atoms with Gasteiger partial charge in [-0.2, -0.15) is 13.2 Å². The van der Waals surface area contributed by atoms with Gasteiger partial charge < -0.3 is 15.3 Å². The van der Waals surface area contributed by atoms with Gasteiger partial charge in [-0.05, 0) is 80.7 Å². The topological polar surface area (TPSA) is 81.6 Å². The summed E-state index contributed by atoms with van der Waals surface area (Å²) in [6.07, 6.45) is 1.10. The number of carbonyl (C=O) groups excluding carboxylic acids is 1. The number of alkyl halides is 3. The molecule has 0 unspecified atom stereocenters. The van der Waals surface area contributed by atoms with Crippen LogP contribution in [0.3, 0.4) is 0 Å². The number of anilines is 2. The van der Waals surface area contributed by atoms with Gasteiger partial charge in [-0.3, -0.25) is 9.69 Å². The number of thioether (sulfide) groups is 1. The maximum atomic E-state index is 14.2. The van der Waals surface area contributed by atoms with Crippen LogP contribution >= 0.6 is 23.1 Å². The Bertz CT molecular complexity index is 1580. The number of aromatic nitrogens is 2. The van der Waals surface area contributed by atoms with Gasteiger partial charge in [-0.15, -0.1) is 23.1 Å². The van der Waals surface area contributed by atoms with Gasteiger partial charge in [0, 0.05) is 54.8 Å². The van der Waals surface area contributed by atoms with Crippen molar-refractivity contribution in [1.29, 1.82) is 0 Å². The van der Waals surface area contributed by atoms with Crippen molar-refractivity contribution in [3.63, 3.8) is 0 Å². The molecule has 4 heterocycles. The van der Waals surface area contributed by atoms with Crippen molar-refractivity contribution in [2.75, 3.05) is 30.7 Å². The van der Waals surface area contributed by atoms with Crippen LogP contribution < -0.4 is 5.32 Å². The van der Waals surface area contributed by atoms with E-state index < -0.39 is 17.3 Å². The van der Waals surface area contributed by atoms with Gasteiger partial charge >= 0.3 is 6.18 Å². The number of nitrogens with zero attached hydrogens (tertiary/aromatic N) is 4. The summed E-state index contributed by atoms with van der Waals surface area (Å²) >= 11 is 2.61. The van der Waals surface area contributed by atoms with Crippen LogP contribution in [0.25, 0.3) is 10.6 Å². The zero-order chi connectivity index (χ0) is 30.1. The number of thiophene rings is 1. The van der Waals surface area contributed by atoms with Gasteiger partial charge in [-0.25, -0.2) is 9.97 Å². The number of β-amino-alcohol motifs (C(OH)–C–C–N with tert-alkyl or cyclic N) is 1. The summed E-state index contributed by atoms with van der Waals surface area (Å²) in [4.78, 5) is 27.5. The highest BCUT2D eigenvalue weighted by atomic mass is 32.2. The van der Waals surface area contributed by atoms with Crippen molar-refractivity contribution in [2.24, 2.45) is 0 Å². The van der Waals surface area contributed by atoms with E-state index in [1.807, 2.05) is 18.7 Å². The van der Waals surface area contributed by atoms with Gasteiger partial charge in [0.15, 0.2) is 0 Å². The molecule has 2 N–H and O–H groups in total. The number of hydrogen-bond donors (Lipinski definition) is 2. The molecule has 12 heteroatoms. The van der Waals surface area contributed by atoms with E-state index in [2.05, 4.69) is 32.3 Å². The van der Waals surface area contributed by atoms with E-state index in [1.165, 1.54) is 22.9 Å². The number of aliphatic hydroxyl groups is 1. The summed E-state index contributed by atoms with van der Waals surface area (Å²) in [5, 5.41) is 13.6. The summed E-state index contributed by atoms with van der Waals surface area (Å²) in [5.41, 5.74) is 2.46. The molecule has 2 aliphatic heterocycles. The van der Waals surface area contributed by atoms with Crippen LogP contribution in [0.5, 0.6) is 0 Å². The van der Waals surface area contributed by atoms with Crippen molar-refractivity contribution in [3.8, 4) is 10.6 Å². The normalized spacial score (nSPS) is 19.7. The molecule has 7 rings (SSSR count). The lowest BCUT2D eigenvalue weighted by molar-refractivity contribution is -0.137. The van der Waals surface area contributed by atoms with E-state index in [-0.39, 0.29) is 23.6 Å². The van der Waals surface area contributed by atoms with Crippen molar-refractivity contribution < 1.29 is 23.1 Å². The molecule has 1 aromatic carbocycles. The molecule has 228 valence electrons. The first kappa shape index (κ1) is 29.1. The van der Waals surface area contributed by atoms with Gasteiger partial charge in [0.1, 0.15) is 10.4 Å². The summed E-state index contributed by atoms with van der Waals surface area (Å²) in [5.74, 6) is 1.11. The Hall–Kier alpha value is -2.67. The van der Waals surface area contributed by atoms with Crippen LogP contribution in [-0.4, -0.2) is 67.8 Å². The second-order valence-corrected chi connectivity index (χ2v) is 14.9. The largest absolute Gasteiger partial charge is 0.420 e. The summed E-state index contributed by atoms with van der Waals surface area (Å²) in [6.45, 7) is 6.44. The Kier molecular flexibility index (Phi) is 7.26. The molecular weight excluding hydrogens is 596 g/mol. The Balaban J connectivity index is 1.22. The van der Waals surface area contributed by atoms with Crippen LogP contribution in [0, 0.1) is 0 Å². The van der Waals surface area contributed by atoms with E-state index in [9.17, 15) is 23.1 Å². The number of fused-ring (bicyclic) bond motifs is 2. The fourth-order valence-corrected chi connectivity index (χ4v) is 8.45. The zero-order valence-electron chi connectivity index (χ0n) is 24.1. The highest BCUT2D eigenvalue weighted by Gasteiger charge is 2.39. The molecule has 0 bridgehead atoms. The molecule has 2 fully saturated rings. The number of halogens is 3. The predicted molar refractivity (Wildman–Crippen MR) is 162 cm³/mol. The van der Waals surface area contributed by atoms with Crippen LogP contribution in [0.1, 0.15) is 77.4 Å². The Morgan fingerprint density at radius 1 is 1.09 bits per heavy atom. The number of hydrogen-bond acceptors (Lipinski definition) is 8. The van der Waals surface area contributed by atoms with Gasteiger partial charge in [0.2, 0.25) is 5.95 Å². The molecule has 4 aliphatic rings. The molecule has 0 atom stereocenters. The monoisotopic (exact) mass is 629 g/mol. The van der Waals surface area contributed by atoms with Crippen molar-refractivity contribution >= 4 is 40.6 Å². The molecule has 7 nitrogen and oxygen atoms in total. The summed E-state index contributed by atoms with van der Waals surface area (Å²) < 4.78 is 42.6. The Labute approximate surface area is 256 Å². The van der Waals surface area contributed by atoms with E-state index in [4.69, 9.17) is 0 Å². The minimum atomic E-state index is -4.65. The molecule has 2 aliphatic carbocycles. The average molecular weight is 630 g/mol. The molecule has 2 saturated carbocycles. The molecule has 1 amide bonds. The van der Waals surface area contributed by atoms with E-state index in [0.717, 1.165) is 78.9 Å². The first-order valence-corrected chi connectivity index (χ1v) is 16.6. The summed E-state index contributed by atoms with van der Waals surface area (Å²) in [6, 6.07) is 6.24. The van der Waals surface area contributed by atoms with E-state index >= 15 is 0 Å². The quantitative estimate of drug-likeness (QED) is 0.302. The van der Waals surface area contributed by atoms with Crippen LogP contribution in [0.15, 0.2) is 29.3 Å². The number of benzene rings is 1. The number of carbonyl (C=O) groups is 1. The second-order valence-electron chi connectivity index (χ2n) is 12.7. The Morgan fingerprint density at radius 3 is 2.58 bits per heavy atom. The highest BCUT2D eigenvalue weighted by molar-refractivity contribution is 7.99. The fraction of sp³-hybridized carbons (Fsp3) is 0.516. The van der Waals surface area contributed by atoms with Crippen LogP contribution in [-0.2, 0) is 19.1 Å². The second kappa shape index (κ2) is 10.7. The van der Waals surface area contributed by atoms with Crippen molar-refractivity contribution in [1.82, 2.24) is 19.8 Å².